The molecular weight excluding hydrogens is 298 g/mol. The number of carbonyl (C=O) groups excluding carboxylic acids is 1. The Labute approximate surface area is 144 Å². The average molecular weight is 323 g/mol. The van der Waals surface area contributed by atoms with Crippen LogP contribution in [-0.2, 0) is 10.2 Å². The van der Waals surface area contributed by atoms with E-state index in [0.29, 0.717) is 0 Å². The number of hydrogen-bond donors (Lipinski definition) is 2. The van der Waals surface area contributed by atoms with Gasteiger partial charge in [0.15, 0.2) is 0 Å². The molecule has 0 fully saturated rings. The number of hydrogen-bond acceptors (Lipinski definition) is 3. The van der Waals surface area contributed by atoms with Gasteiger partial charge in [-0.1, -0.05) is 62.7 Å². The van der Waals surface area contributed by atoms with E-state index >= 15 is 0 Å². The molecule has 2 aromatic rings. The fourth-order valence-corrected chi connectivity index (χ4v) is 2.14. The second-order valence-electron chi connectivity index (χ2n) is 6.88. The van der Waals surface area contributed by atoms with Gasteiger partial charge in [0.05, 0.1) is 12.8 Å². The van der Waals surface area contributed by atoms with E-state index in [9.17, 15) is 4.79 Å². The largest absolute Gasteiger partial charge is 0.376 e. The first-order valence-electron chi connectivity index (χ1n) is 8.07. The number of benzene rings is 2. The van der Waals surface area contributed by atoms with E-state index in [1.165, 1.54) is 11.1 Å². The third-order valence-electron chi connectivity index (χ3n) is 3.68. The maximum atomic E-state index is 11.8. The summed E-state index contributed by atoms with van der Waals surface area (Å²) < 4.78 is 0. The molecule has 0 aliphatic heterocycles. The molecule has 0 aromatic heterocycles. The molecule has 2 rings (SSSR count). The van der Waals surface area contributed by atoms with Gasteiger partial charge in [0.25, 0.3) is 5.91 Å². The van der Waals surface area contributed by atoms with Crippen molar-refractivity contribution in [3.8, 4) is 0 Å². The van der Waals surface area contributed by atoms with E-state index < -0.39 is 0 Å². The van der Waals surface area contributed by atoms with Gasteiger partial charge in [0, 0.05) is 5.69 Å². The molecule has 0 atom stereocenters. The number of anilines is 1. The number of aryl methyl sites for hydroxylation is 1. The van der Waals surface area contributed by atoms with Crippen LogP contribution in [-0.4, -0.2) is 18.7 Å². The number of amides is 1. The lowest BCUT2D eigenvalue weighted by atomic mass is 9.87. The van der Waals surface area contributed by atoms with Gasteiger partial charge in [-0.3, -0.25) is 4.79 Å². The first-order chi connectivity index (χ1) is 11.3. The first-order valence-corrected chi connectivity index (χ1v) is 8.07. The minimum absolute atomic E-state index is 0.130. The summed E-state index contributed by atoms with van der Waals surface area (Å²) in [7, 11) is 0. The summed E-state index contributed by atoms with van der Waals surface area (Å²) in [6.45, 7) is 8.74. The number of nitrogens with zero attached hydrogens (tertiary/aromatic N) is 1. The average Bonchev–Trinajstić information content (AvgIpc) is 2.54. The quantitative estimate of drug-likeness (QED) is 0.648. The van der Waals surface area contributed by atoms with E-state index in [4.69, 9.17) is 0 Å². The van der Waals surface area contributed by atoms with Gasteiger partial charge in [0.1, 0.15) is 0 Å². The summed E-state index contributed by atoms with van der Waals surface area (Å²) >= 11 is 0. The highest BCUT2D eigenvalue weighted by atomic mass is 16.2. The van der Waals surface area contributed by atoms with Gasteiger partial charge >= 0.3 is 0 Å². The Hall–Kier alpha value is -2.62. The number of carbonyl (C=O) groups is 1. The van der Waals surface area contributed by atoms with Gasteiger partial charge in [-0.15, -0.1) is 0 Å². The number of hydrazone groups is 1. The number of rotatable bonds is 5. The van der Waals surface area contributed by atoms with Crippen LogP contribution in [0.1, 0.15) is 37.5 Å². The highest BCUT2D eigenvalue weighted by Gasteiger charge is 2.12. The third kappa shape index (κ3) is 5.54. The van der Waals surface area contributed by atoms with Crippen LogP contribution >= 0.6 is 0 Å². The molecule has 0 spiro atoms. The smallest absolute Gasteiger partial charge is 0.259 e. The van der Waals surface area contributed by atoms with Crippen LogP contribution in [0.25, 0.3) is 0 Å². The summed E-state index contributed by atoms with van der Waals surface area (Å²) in [5, 5.41) is 7.05. The van der Waals surface area contributed by atoms with Crippen molar-refractivity contribution < 1.29 is 4.79 Å². The van der Waals surface area contributed by atoms with Crippen molar-refractivity contribution in [3.63, 3.8) is 0 Å². The lowest BCUT2D eigenvalue weighted by Crippen LogP contribution is -2.25. The molecule has 4 nitrogen and oxygen atoms in total. The lowest BCUT2D eigenvalue weighted by Gasteiger charge is -2.18. The van der Waals surface area contributed by atoms with Gasteiger partial charge in [-0.2, -0.15) is 5.10 Å². The minimum atomic E-state index is -0.182. The van der Waals surface area contributed by atoms with Crippen LogP contribution in [0.4, 0.5) is 5.69 Å². The molecule has 0 aliphatic rings. The van der Waals surface area contributed by atoms with Crippen LogP contribution in [0.2, 0.25) is 0 Å². The van der Waals surface area contributed by atoms with Gasteiger partial charge < -0.3 is 5.32 Å². The Morgan fingerprint density at radius 2 is 1.67 bits per heavy atom. The standard InChI is InChI=1S/C20H25N3O/c1-15-5-11-18(12-6-15)21-14-19(24)23-22-13-16-7-9-17(10-8-16)20(2,3)4/h5-13,21H,14H2,1-4H3,(H,23,24)/b22-13-. The fraction of sp³-hybridized carbons (Fsp3) is 0.300. The molecule has 2 N–H and O–H groups in total. The Bertz CT molecular complexity index is 695. The molecule has 24 heavy (non-hydrogen) atoms. The topological polar surface area (TPSA) is 53.5 Å². The summed E-state index contributed by atoms with van der Waals surface area (Å²) in [6, 6.07) is 16.1. The fourth-order valence-electron chi connectivity index (χ4n) is 2.14. The highest BCUT2D eigenvalue weighted by Crippen LogP contribution is 2.21. The van der Waals surface area contributed by atoms with Crippen LogP contribution in [0, 0.1) is 6.92 Å². The van der Waals surface area contributed by atoms with E-state index in [1.807, 2.05) is 43.3 Å². The summed E-state index contributed by atoms with van der Waals surface area (Å²) in [5.41, 5.74) is 6.98. The second-order valence-corrected chi connectivity index (χ2v) is 6.88. The Kier molecular flexibility index (Phi) is 5.74. The Balaban J connectivity index is 1.80. The molecule has 0 radical (unpaired) electrons. The van der Waals surface area contributed by atoms with E-state index in [-0.39, 0.29) is 17.9 Å². The molecule has 0 aliphatic carbocycles. The molecule has 0 bridgehead atoms. The molecular formula is C20H25N3O. The predicted molar refractivity (Wildman–Crippen MR) is 101 cm³/mol. The second kappa shape index (κ2) is 7.77. The molecule has 0 saturated heterocycles. The molecule has 4 heteroatoms. The maximum Gasteiger partial charge on any atom is 0.259 e. The molecule has 126 valence electrons. The van der Waals surface area contributed by atoms with Gasteiger partial charge in [0.2, 0.25) is 0 Å². The molecule has 2 aromatic carbocycles. The van der Waals surface area contributed by atoms with E-state index in [2.05, 4.69) is 48.7 Å². The van der Waals surface area contributed by atoms with Crippen molar-refractivity contribution in [3.05, 3.63) is 65.2 Å². The normalized spacial score (nSPS) is 11.5. The van der Waals surface area contributed by atoms with Crippen molar-refractivity contribution in [2.75, 3.05) is 11.9 Å². The number of nitrogens with one attached hydrogen (secondary N) is 2. The van der Waals surface area contributed by atoms with Crippen molar-refractivity contribution in [2.45, 2.75) is 33.1 Å². The van der Waals surface area contributed by atoms with Crippen molar-refractivity contribution in [2.24, 2.45) is 5.10 Å². The third-order valence-corrected chi connectivity index (χ3v) is 3.68. The monoisotopic (exact) mass is 323 g/mol. The highest BCUT2D eigenvalue weighted by molar-refractivity contribution is 5.84. The predicted octanol–water partition coefficient (Wildman–Crippen LogP) is 3.85. The Morgan fingerprint density at radius 3 is 2.25 bits per heavy atom. The molecule has 0 heterocycles. The zero-order valence-corrected chi connectivity index (χ0v) is 14.8. The van der Waals surface area contributed by atoms with E-state index in [1.54, 1.807) is 6.21 Å². The summed E-state index contributed by atoms with van der Waals surface area (Å²) in [5.74, 6) is -0.182. The van der Waals surface area contributed by atoms with Crippen LogP contribution in [0.3, 0.4) is 0 Å². The molecule has 0 saturated carbocycles. The van der Waals surface area contributed by atoms with Crippen molar-refractivity contribution in [1.82, 2.24) is 5.43 Å². The maximum absolute atomic E-state index is 11.8. The van der Waals surface area contributed by atoms with Crippen LogP contribution in [0.5, 0.6) is 0 Å². The summed E-state index contributed by atoms with van der Waals surface area (Å²) in [4.78, 5) is 11.8. The summed E-state index contributed by atoms with van der Waals surface area (Å²) in [6.07, 6.45) is 1.65. The zero-order valence-electron chi connectivity index (χ0n) is 14.8. The van der Waals surface area contributed by atoms with Gasteiger partial charge in [-0.05, 0) is 35.6 Å². The SMILES string of the molecule is Cc1ccc(NCC(=O)N/N=C\c2ccc(C(C)(C)C)cc2)cc1. The zero-order chi connectivity index (χ0) is 17.6. The minimum Gasteiger partial charge on any atom is -0.376 e. The first kappa shape index (κ1) is 17.7. The van der Waals surface area contributed by atoms with Crippen LogP contribution < -0.4 is 10.7 Å². The molecule has 1 amide bonds. The lowest BCUT2D eigenvalue weighted by molar-refractivity contribution is -0.119. The molecule has 0 unspecified atom stereocenters. The van der Waals surface area contributed by atoms with Gasteiger partial charge in [-0.25, -0.2) is 5.43 Å². The van der Waals surface area contributed by atoms with Crippen molar-refractivity contribution >= 4 is 17.8 Å². The Morgan fingerprint density at radius 1 is 1.04 bits per heavy atom. The van der Waals surface area contributed by atoms with Crippen molar-refractivity contribution in [1.29, 1.82) is 0 Å². The van der Waals surface area contributed by atoms with Crippen LogP contribution in [0.15, 0.2) is 53.6 Å². The van der Waals surface area contributed by atoms with E-state index in [0.717, 1.165) is 11.3 Å².